The summed E-state index contributed by atoms with van der Waals surface area (Å²) >= 11 is 6.20. The van der Waals surface area contributed by atoms with E-state index in [1.807, 2.05) is 6.08 Å². The maximum absolute atomic E-state index is 11.4. The molecule has 0 radical (unpaired) electrons. The number of carbonyl (C=O) groups excluding carboxylic acids is 1. The van der Waals surface area contributed by atoms with Gasteiger partial charge in [0.1, 0.15) is 16.6 Å². The van der Waals surface area contributed by atoms with E-state index in [0.29, 0.717) is 13.2 Å². The molecule has 1 saturated heterocycles. The van der Waals surface area contributed by atoms with E-state index in [1.54, 1.807) is 12.2 Å². The van der Waals surface area contributed by atoms with Crippen molar-refractivity contribution < 1.29 is 14.6 Å². The summed E-state index contributed by atoms with van der Waals surface area (Å²) in [5, 5.41) is 10.3. The van der Waals surface area contributed by atoms with Gasteiger partial charge in [0.15, 0.2) is 0 Å². The Morgan fingerprint density at radius 1 is 1.50 bits per heavy atom. The topological polar surface area (TPSA) is 49.8 Å². The first-order valence-electron chi connectivity index (χ1n) is 5.92. The van der Waals surface area contributed by atoms with Crippen LogP contribution in [0.1, 0.15) is 6.92 Å². The molecule has 4 nitrogen and oxygen atoms in total. The summed E-state index contributed by atoms with van der Waals surface area (Å²) in [5.74, 6) is -0.846. The smallest absolute Gasteiger partial charge is 0.144 e. The van der Waals surface area contributed by atoms with Crippen LogP contribution in [0.25, 0.3) is 0 Å². The van der Waals surface area contributed by atoms with Crippen molar-refractivity contribution in [3.63, 3.8) is 0 Å². The molecule has 1 heterocycles. The molecule has 1 N–H and O–H groups in total. The molecule has 1 unspecified atom stereocenters. The van der Waals surface area contributed by atoms with Crippen LogP contribution in [-0.4, -0.2) is 42.1 Å². The normalized spacial score (nSPS) is 24.9. The van der Waals surface area contributed by atoms with Crippen LogP contribution in [-0.2, 0) is 9.53 Å². The number of rotatable bonds is 2. The Balaban J connectivity index is 2.29. The molecule has 0 bridgehead atoms. The van der Waals surface area contributed by atoms with Crippen molar-refractivity contribution in [1.29, 1.82) is 0 Å². The van der Waals surface area contributed by atoms with Crippen molar-refractivity contribution in [2.24, 2.45) is 5.92 Å². The van der Waals surface area contributed by atoms with E-state index in [4.69, 9.17) is 16.3 Å². The van der Waals surface area contributed by atoms with Crippen molar-refractivity contribution >= 4 is 17.4 Å². The molecule has 1 atom stereocenters. The summed E-state index contributed by atoms with van der Waals surface area (Å²) < 4.78 is 5.28. The highest BCUT2D eigenvalue weighted by Gasteiger charge is 2.25. The van der Waals surface area contributed by atoms with Gasteiger partial charge < -0.3 is 14.7 Å². The van der Waals surface area contributed by atoms with Crippen LogP contribution in [0, 0.1) is 5.92 Å². The summed E-state index contributed by atoms with van der Waals surface area (Å²) in [6, 6.07) is 0. The number of ketones is 1. The largest absolute Gasteiger partial charge is 0.510 e. The van der Waals surface area contributed by atoms with Gasteiger partial charge in [-0.2, -0.15) is 0 Å². The molecule has 0 aromatic heterocycles. The first-order valence-corrected chi connectivity index (χ1v) is 6.29. The fourth-order valence-corrected chi connectivity index (χ4v) is 2.37. The van der Waals surface area contributed by atoms with E-state index in [2.05, 4.69) is 4.90 Å². The van der Waals surface area contributed by atoms with Gasteiger partial charge in [0.05, 0.1) is 24.8 Å². The Morgan fingerprint density at radius 3 is 2.78 bits per heavy atom. The number of carbonyl (C=O) groups is 1. The molecular formula is C13H16ClNO3. The van der Waals surface area contributed by atoms with Gasteiger partial charge in [-0.05, 0) is 13.0 Å². The number of Topliss-reactive ketones (excluding diaryl/α,β-unsaturated/α-hetero) is 1. The number of morpholine rings is 1. The van der Waals surface area contributed by atoms with Crippen LogP contribution in [0.4, 0.5) is 0 Å². The van der Waals surface area contributed by atoms with Crippen LogP contribution in [0.3, 0.4) is 0 Å². The summed E-state index contributed by atoms with van der Waals surface area (Å²) in [6.07, 6.45) is 5.25. The molecule has 98 valence electrons. The SMILES string of the molecule is CC(=O)C1C=CC=C(N2CCOCC2)C(Cl)=C1O. The van der Waals surface area contributed by atoms with Crippen molar-refractivity contribution in [3.8, 4) is 0 Å². The second-order valence-electron chi connectivity index (χ2n) is 4.32. The minimum atomic E-state index is -0.646. The lowest BCUT2D eigenvalue weighted by molar-refractivity contribution is -0.119. The lowest BCUT2D eigenvalue weighted by Gasteiger charge is -2.30. The second kappa shape index (κ2) is 5.59. The molecule has 0 saturated carbocycles. The summed E-state index contributed by atoms with van der Waals surface area (Å²) in [7, 11) is 0. The van der Waals surface area contributed by atoms with E-state index in [1.165, 1.54) is 6.92 Å². The molecule has 5 heteroatoms. The highest BCUT2D eigenvalue weighted by molar-refractivity contribution is 6.32. The quantitative estimate of drug-likeness (QED) is 0.833. The molecule has 2 aliphatic rings. The third-order valence-corrected chi connectivity index (χ3v) is 3.48. The van der Waals surface area contributed by atoms with Crippen LogP contribution in [0.5, 0.6) is 0 Å². The Bertz CT molecular complexity index is 434. The minimum absolute atomic E-state index is 0.0735. The average Bonchev–Trinajstić information content (AvgIpc) is 2.51. The van der Waals surface area contributed by atoms with Gasteiger partial charge in [-0.15, -0.1) is 0 Å². The molecule has 0 aromatic carbocycles. The summed E-state index contributed by atoms with van der Waals surface area (Å²) in [6.45, 7) is 4.18. The zero-order valence-electron chi connectivity index (χ0n) is 10.2. The van der Waals surface area contributed by atoms with Gasteiger partial charge in [0.25, 0.3) is 0 Å². The third-order valence-electron chi connectivity index (χ3n) is 3.09. The molecule has 1 aliphatic heterocycles. The Kier molecular flexibility index (Phi) is 4.09. The van der Waals surface area contributed by atoms with E-state index in [0.717, 1.165) is 18.8 Å². The molecule has 1 aliphatic carbocycles. The highest BCUT2D eigenvalue weighted by atomic mass is 35.5. The van der Waals surface area contributed by atoms with E-state index in [-0.39, 0.29) is 16.6 Å². The lowest BCUT2D eigenvalue weighted by atomic mass is 10.0. The number of ether oxygens (including phenoxy) is 1. The first-order chi connectivity index (χ1) is 8.61. The van der Waals surface area contributed by atoms with Gasteiger partial charge in [-0.1, -0.05) is 23.8 Å². The number of allylic oxidation sites excluding steroid dienone is 4. The molecule has 0 amide bonds. The molecule has 18 heavy (non-hydrogen) atoms. The summed E-state index contributed by atoms with van der Waals surface area (Å²) in [4.78, 5) is 13.5. The Morgan fingerprint density at radius 2 is 2.17 bits per heavy atom. The second-order valence-corrected chi connectivity index (χ2v) is 4.70. The van der Waals surface area contributed by atoms with E-state index >= 15 is 0 Å². The number of aliphatic hydroxyl groups excluding tert-OH is 1. The van der Waals surface area contributed by atoms with Gasteiger partial charge >= 0.3 is 0 Å². The first kappa shape index (κ1) is 13.2. The van der Waals surface area contributed by atoms with Gasteiger partial charge in [0.2, 0.25) is 0 Å². The Hall–Kier alpha value is -1.26. The molecule has 2 rings (SSSR count). The van der Waals surface area contributed by atoms with Crippen LogP contribution in [0.2, 0.25) is 0 Å². The maximum Gasteiger partial charge on any atom is 0.144 e. The van der Waals surface area contributed by atoms with E-state index in [9.17, 15) is 9.90 Å². The fourth-order valence-electron chi connectivity index (χ4n) is 2.07. The fraction of sp³-hybridized carbons (Fsp3) is 0.462. The number of halogens is 1. The highest BCUT2D eigenvalue weighted by Crippen LogP contribution is 2.29. The Labute approximate surface area is 111 Å². The van der Waals surface area contributed by atoms with Crippen molar-refractivity contribution in [1.82, 2.24) is 4.90 Å². The van der Waals surface area contributed by atoms with Crippen molar-refractivity contribution in [2.75, 3.05) is 26.3 Å². The van der Waals surface area contributed by atoms with Crippen molar-refractivity contribution in [2.45, 2.75) is 6.92 Å². The predicted octanol–water partition coefficient (Wildman–Crippen LogP) is 1.99. The predicted molar refractivity (Wildman–Crippen MR) is 69.3 cm³/mol. The minimum Gasteiger partial charge on any atom is -0.510 e. The zero-order valence-corrected chi connectivity index (χ0v) is 11.0. The molecule has 0 aromatic rings. The molecule has 1 fully saturated rings. The van der Waals surface area contributed by atoms with E-state index < -0.39 is 5.92 Å². The average molecular weight is 270 g/mol. The van der Waals surface area contributed by atoms with Crippen molar-refractivity contribution in [3.05, 3.63) is 34.7 Å². The monoisotopic (exact) mass is 269 g/mol. The van der Waals surface area contributed by atoms with Crippen LogP contribution < -0.4 is 0 Å². The maximum atomic E-state index is 11.4. The van der Waals surface area contributed by atoms with Gasteiger partial charge in [0, 0.05) is 13.1 Å². The number of hydrogen-bond acceptors (Lipinski definition) is 4. The van der Waals surface area contributed by atoms with Crippen LogP contribution in [0.15, 0.2) is 34.7 Å². The summed E-state index contributed by atoms with van der Waals surface area (Å²) in [5.41, 5.74) is 0.748. The standard InChI is InChI=1S/C13H16ClNO3/c1-9(16)10-3-2-4-11(12(14)13(10)17)15-5-7-18-8-6-15/h2-4,10,17H,5-8H2,1H3. The molecular weight excluding hydrogens is 254 g/mol. The number of hydrogen-bond donors (Lipinski definition) is 1. The zero-order chi connectivity index (χ0) is 13.1. The van der Waals surface area contributed by atoms with Gasteiger partial charge in [-0.3, -0.25) is 4.79 Å². The third kappa shape index (κ3) is 2.60. The lowest BCUT2D eigenvalue weighted by Crippen LogP contribution is -2.36. The van der Waals surface area contributed by atoms with Gasteiger partial charge in [-0.25, -0.2) is 0 Å². The van der Waals surface area contributed by atoms with Crippen LogP contribution >= 0.6 is 11.6 Å². The number of nitrogens with zero attached hydrogens (tertiary/aromatic N) is 1. The molecule has 0 spiro atoms. The number of aliphatic hydroxyl groups is 1.